The van der Waals surface area contributed by atoms with Crippen LogP contribution in [-0.2, 0) is 32.3 Å². The molecule has 1 aromatic heterocycles. The number of hydrogen-bond donors (Lipinski definition) is 2. The average molecular weight is 827 g/mol. The number of alkyl halides is 3. The number of sulfonamides is 1. The van der Waals surface area contributed by atoms with Crippen molar-refractivity contribution in [3.63, 3.8) is 0 Å². The predicted octanol–water partition coefficient (Wildman–Crippen LogP) is 4.76. The van der Waals surface area contributed by atoms with Crippen molar-refractivity contribution in [1.29, 1.82) is 0 Å². The van der Waals surface area contributed by atoms with E-state index in [0.29, 0.717) is 29.9 Å². The molecule has 4 fully saturated rings. The van der Waals surface area contributed by atoms with E-state index >= 15 is 4.39 Å². The number of anilines is 2. The molecule has 0 radical (unpaired) electrons. The summed E-state index contributed by atoms with van der Waals surface area (Å²) in [5, 5.41) is 5.32. The molecule has 4 saturated heterocycles. The minimum atomic E-state index is -4.52. The van der Waals surface area contributed by atoms with Gasteiger partial charge in [0.2, 0.25) is 27.8 Å². The Morgan fingerprint density at radius 2 is 1.57 bits per heavy atom. The highest BCUT2D eigenvalue weighted by atomic mass is 32.2. The predicted molar refractivity (Wildman–Crippen MR) is 205 cm³/mol. The van der Waals surface area contributed by atoms with Gasteiger partial charge < -0.3 is 20.0 Å². The fourth-order valence-corrected chi connectivity index (χ4v) is 10.6. The summed E-state index contributed by atoms with van der Waals surface area (Å²) < 4.78 is 82.8. The SMILES string of the molecule is O=C1CCC(N2Cc3cc(C4CCN(CC5CCN(c6cccc(S(=O)(=O)N7CCC(Nc8ncc(C(F)(F)F)cn8)CC7)c6)CC5)CC4)c(F)cc3C2=O)C(=O)N1. The Morgan fingerprint density at radius 1 is 0.862 bits per heavy atom. The second-order valence-corrected chi connectivity index (χ2v) is 18.0. The Balaban J connectivity index is 0.795. The molecule has 3 amide bonds. The number of likely N-dealkylation sites (tertiary alicyclic amines) is 1. The lowest BCUT2D eigenvalue weighted by atomic mass is 9.86. The molecule has 0 spiro atoms. The van der Waals surface area contributed by atoms with E-state index in [4.69, 9.17) is 0 Å². The molecule has 2 aromatic carbocycles. The average Bonchev–Trinajstić information content (AvgIpc) is 3.52. The minimum absolute atomic E-state index is 0.0250. The quantitative estimate of drug-likeness (QED) is 0.229. The zero-order chi connectivity index (χ0) is 40.8. The number of piperidine rings is 4. The van der Waals surface area contributed by atoms with Gasteiger partial charge in [-0.1, -0.05) is 12.1 Å². The first-order valence-corrected chi connectivity index (χ1v) is 21.4. The monoisotopic (exact) mass is 826 g/mol. The largest absolute Gasteiger partial charge is 0.419 e. The third-order valence-corrected chi connectivity index (χ3v) is 14.3. The Labute approximate surface area is 334 Å². The van der Waals surface area contributed by atoms with Crippen LogP contribution >= 0.6 is 0 Å². The number of imide groups is 1. The highest BCUT2D eigenvalue weighted by Gasteiger charge is 2.40. The molecule has 13 nitrogen and oxygen atoms in total. The molecule has 18 heteroatoms. The lowest BCUT2D eigenvalue weighted by molar-refractivity contribution is -0.138. The maximum absolute atomic E-state index is 15.5. The van der Waals surface area contributed by atoms with E-state index in [1.54, 1.807) is 24.3 Å². The van der Waals surface area contributed by atoms with Crippen LogP contribution in [0.5, 0.6) is 0 Å². The maximum atomic E-state index is 15.5. The lowest BCUT2D eigenvalue weighted by Gasteiger charge is -2.38. The molecule has 0 aliphatic carbocycles. The van der Waals surface area contributed by atoms with Crippen LogP contribution in [0.4, 0.5) is 29.2 Å². The molecule has 6 heterocycles. The van der Waals surface area contributed by atoms with Crippen LogP contribution in [0.15, 0.2) is 53.7 Å². The van der Waals surface area contributed by atoms with E-state index in [1.807, 2.05) is 6.07 Å². The highest BCUT2D eigenvalue weighted by molar-refractivity contribution is 7.89. The number of rotatable bonds is 9. The van der Waals surface area contributed by atoms with Crippen LogP contribution in [0.1, 0.15) is 84.3 Å². The highest BCUT2D eigenvalue weighted by Crippen LogP contribution is 2.37. The second kappa shape index (κ2) is 16.2. The van der Waals surface area contributed by atoms with E-state index in [0.717, 1.165) is 76.5 Å². The van der Waals surface area contributed by atoms with Crippen molar-refractivity contribution in [2.75, 3.05) is 56.0 Å². The van der Waals surface area contributed by atoms with Crippen molar-refractivity contribution in [2.24, 2.45) is 5.92 Å². The third-order valence-electron chi connectivity index (χ3n) is 12.4. The zero-order valence-corrected chi connectivity index (χ0v) is 32.7. The van der Waals surface area contributed by atoms with Crippen molar-refractivity contribution < 1.29 is 40.4 Å². The van der Waals surface area contributed by atoms with Crippen LogP contribution in [0.3, 0.4) is 0 Å². The summed E-state index contributed by atoms with van der Waals surface area (Å²) in [7, 11) is -3.76. The van der Waals surface area contributed by atoms with Crippen LogP contribution in [-0.4, -0.2) is 108 Å². The van der Waals surface area contributed by atoms with Gasteiger partial charge in [-0.3, -0.25) is 19.7 Å². The van der Waals surface area contributed by atoms with Gasteiger partial charge in [0.15, 0.2) is 0 Å². The van der Waals surface area contributed by atoms with Crippen molar-refractivity contribution >= 4 is 39.4 Å². The van der Waals surface area contributed by atoms with Crippen LogP contribution < -0.4 is 15.5 Å². The summed E-state index contributed by atoms with van der Waals surface area (Å²) in [6.45, 7) is 4.91. The van der Waals surface area contributed by atoms with E-state index in [1.165, 1.54) is 15.3 Å². The summed E-state index contributed by atoms with van der Waals surface area (Å²) in [5.74, 6) is -1.04. The summed E-state index contributed by atoms with van der Waals surface area (Å²) in [5.41, 5.74) is 1.54. The van der Waals surface area contributed by atoms with Gasteiger partial charge in [-0.05, 0) is 105 Å². The minimum Gasteiger partial charge on any atom is -0.371 e. The molecule has 58 heavy (non-hydrogen) atoms. The van der Waals surface area contributed by atoms with Crippen molar-refractivity contribution in [1.82, 2.24) is 29.4 Å². The molecule has 310 valence electrons. The second-order valence-electron chi connectivity index (χ2n) is 16.0. The van der Waals surface area contributed by atoms with Crippen molar-refractivity contribution in [2.45, 2.75) is 87.0 Å². The first-order chi connectivity index (χ1) is 27.7. The number of fused-ring (bicyclic) bond motifs is 1. The fourth-order valence-electron chi connectivity index (χ4n) is 9.05. The molecule has 3 aromatic rings. The molecule has 1 unspecified atom stereocenters. The molecule has 8 rings (SSSR count). The Morgan fingerprint density at radius 3 is 2.24 bits per heavy atom. The first-order valence-electron chi connectivity index (χ1n) is 19.9. The molecule has 0 bridgehead atoms. The van der Waals surface area contributed by atoms with Gasteiger partial charge in [-0.2, -0.15) is 17.5 Å². The number of carbonyl (C=O) groups is 3. The first kappa shape index (κ1) is 40.1. The maximum Gasteiger partial charge on any atom is 0.419 e. The molecule has 1 atom stereocenters. The third kappa shape index (κ3) is 8.41. The normalized spacial score (nSPS) is 22.3. The number of halogens is 4. The summed E-state index contributed by atoms with van der Waals surface area (Å²) in [6, 6.07) is 9.26. The van der Waals surface area contributed by atoms with E-state index in [2.05, 4.69) is 30.4 Å². The number of benzene rings is 2. The fraction of sp³-hybridized carbons (Fsp3) is 0.525. The topological polar surface area (TPSA) is 148 Å². The van der Waals surface area contributed by atoms with E-state index in [9.17, 15) is 36.0 Å². The van der Waals surface area contributed by atoms with Gasteiger partial charge in [0.05, 0.1) is 10.5 Å². The molecule has 5 aliphatic rings. The van der Waals surface area contributed by atoms with Gasteiger partial charge in [-0.15, -0.1) is 0 Å². The van der Waals surface area contributed by atoms with Crippen LogP contribution in [0.2, 0.25) is 0 Å². The van der Waals surface area contributed by atoms with Crippen LogP contribution in [0.25, 0.3) is 0 Å². The Hall–Kier alpha value is -4.68. The van der Waals surface area contributed by atoms with Gasteiger partial charge >= 0.3 is 6.18 Å². The summed E-state index contributed by atoms with van der Waals surface area (Å²) in [4.78, 5) is 51.0. The van der Waals surface area contributed by atoms with E-state index < -0.39 is 39.5 Å². The molecule has 0 saturated carbocycles. The molecule has 2 N–H and O–H groups in total. The van der Waals surface area contributed by atoms with Gasteiger partial charge in [0, 0.05) is 75.4 Å². The Kier molecular flexibility index (Phi) is 11.2. The smallest absolute Gasteiger partial charge is 0.371 e. The van der Waals surface area contributed by atoms with Crippen molar-refractivity contribution in [3.05, 3.63) is 76.9 Å². The van der Waals surface area contributed by atoms with E-state index in [-0.39, 0.29) is 72.7 Å². The van der Waals surface area contributed by atoms with Gasteiger partial charge in [0.25, 0.3) is 5.91 Å². The lowest BCUT2D eigenvalue weighted by Crippen LogP contribution is -2.52. The number of aromatic nitrogens is 2. The summed E-state index contributed by atoms with van der Waals surface area (Å²) >= 11 is 0. The summed E-state index contributed by atoms with van der Waals surface area (Å²) in [6.07, 6.45) is 1.76. The van der Waals surface area contributed by atoms with Crippen molar-refractivity contribution in [3.8, 4) is 0 Å². The zero-order valence-electron chi connectivity index (χ0n) is 31.9. The number of carbonyl (C=O) groups excluding carboxylic acids is 3. The molecular formula is C40H46F4N8O5S. The number of nitrogens with zero attached hydrogens (tertiary/aromatic N) is 6. The van der Waals surface area contributed by atoms with Gasteiger partial charge in [-0.25, -0.2) is 22.8 Å². The molecule has 5 aliphatic heterocycles. The number of amides is 3. The number of nitrogens with one attached hydrogen (secondary N) is 2. The Bertz CT molecular complexity index is 2150. The van der Waals surface area contributed by atoms with Gasteiger partial charge in [0.1, 0.15) is 11.9 Å². The standard InChI is InChI=1S/C40H46F4N8O5S/c41-34-20-33-27(24-52(38(33)55)35-4-5-36(53)48-37(35)54)18-32(34)26-8-12-49(13-9-26)23-25-6-14-50(15-7-25)30-2-1-3-31(19-30)58(56,57)51-16-10-29(11-17-51)47-39-45-21-28(22-46-39)40(42,43)44/h1-3,18-22,25-26,29,35H,4-17,23-24H2,(H,45,46,47)(H,48,53,54). The number of hydrogen-bond acceptors (Lipinski definition) is 10. The molecular weight excluding hydrogens is 781 g/mol. The van der Waals surface area contributed by atoms with Crippen LogP contribution in [0, 0.1) is 11.7 Å².